The van der Waals surface area contributed by atoms with Gasteiger partial charge >= 0.3 is 11.9 Å². The zero-order valence-corrected chi connectivity index (χ0v) is 24.8. The highest BCUT2D eigenvalue weighted by atomic mass is 16.5. The molecule has 0 aromatic heterocycles. The summed E-state index contributed by atoms with van der Waals surface area (Å²) in [6.07, 6.45) is 0. The van der Waals surface area contributed by atoms with Crippen LogP contribution in [0, 0.1) is 27.7 Å². The number of ether oxygens (including phenoxy) is 2. The number of benzene rings is 5. The zero-order chi connectivity index (χ0) is 31.1. The Labute approximate surface area is 255 Å². The molecule has 0 fully saturated rings. The third kappa shape index (κ3) is 7.35. The number of nitrogens with zero attached hydrogens (tertiary/aromatic N) is 4. The van der Waals surface area contributed by atoms with Crippen LogP contribution >= 0.6 is 0 Å². The second-order valence-electron chi connectivity index (χ2n) is 10.2. The lowest BCUT2D eigenvalue weighted by molar-refractivity contribution is 0.0733. The number of hydrogen-bond acceptors (Lipinski definition) is 8. The highest BCUT2D eigenvalue weighted by Gasteiger charge is 2.16. The third-order valence-electron chi connectivity index (χ3n) is 6.83. The summed E-state index contributed by atoms with van der Waals surface area (Å²) in [5.74, 6) is -0.436. The summed E-state index contributed by atoms with van der Waals surface area (Å²) in [4.78, 5) is 25.9. The second kappa shape index (κ2) is 13.5. The van der Waals surface area contributed by atoms with Crippen molar-refractivity contribution in [3.8, 4) is 11.5 Å². The van der Waals surface area contributed by atoms with Crippen LogP contribution < -0.4 is 9.47 Å². The van der Waals surface area contributed by atoms with Crippen LogP contribution in [0.2, 0.25) is 0 Å². The van der Waals surface area contributed by atoms with Gasteiger partial charge in [0.25, 0.3) is 0 Å². The van der Waals surface area contributed by atoms with Crippen molar-refractivity contribution >= 4 is 34.7 Å². The van der Waals surface area contributed by atoms with Crippen LogP contribution in [0.5, 0.6) is 11.5 Å². The van der Waals surface area contributed by atoms with E-state index in [0.717, 1.165) is 22.5 Å². The Morgan fingerprint density at radius 1 is 0.455 bits per heavy atom. The first-order chi connectivity index (χ1) is 21.3. The predicted molar refractivity (Wildman–Crippen MR) is 169 cm³/mol. The van der Waals surface area contributed by atoms with E-state index in [-0.39, 0.29) is 11.1 Å². The smallest absolute Gasteiger partial charge is 0.343 e. The summed E-state index contributed by atoms with van der Waals surface area (Å²) >= 11 is 0. The monoisotopic (exact) mass is 582 g/mol. The van der Waals surface area contributed by atoms with Crippen LogP contribution in [0.15, 0.2) is 130 Å². The summed E-state index contributed by atoms with van der Waals surface area (Å²) < 4.78 is 11.3. The number of azo groups is 2. The van der Waals surface area contributed by atoms with Gasteiger partial charge in [-0.25, -0.2) is 9.59 Å². The molecule has 5 aromatic rings. The lowest BCUT2D eigenvalue weighted by atomic mass is 10.1. The molecule has 5 aromatic carbocycles. The van der Waals surface area contributed by atoms with Crippen molar-refractivity contribution in [3.63, 3.8) is 0 Å². The molecule has 8 nitrogen and oxygen atoms in total. The Balaban J connectivity index is 1.23. The molecule has 0 saturated heterocycles. The maximum atomic E-state index is 13.0. The molecule has 44 heavy (non-hydrogen) atoms. The lowest BCUT2D eigenvalue weighted by Crippen LogP contribution is -2.13. The van der Waals surface area contributed by atoms with E-state index in [1.54, 1.807) is 54.6 Å². The van der Waals surface area contributed by atoms with Crippen molar-refractivity contribution in [2.24, 2.45) is 20.5 Å². The molecule has 0 amide bonds. The molecular weight excluding hydrogens is 552 g/mol. The molecule has 0 spiro atoms. The number of hydrogen-bond donors (Lipinski definition) is 0. The first-order valence-electron chi connectivity index (χ1n) is 14.0. The number of carbonyl (C=O) groups excluding carboxylic acids is 2. The number of esters is 2. The van der Waals surface area contributed by atoms with Crippen LogP contribution in [0.3, 0.4) is 0 Å². The molecular formula is C36H30N4O4. The minimum absolute atomic E-state index is 0.214. The topological polar surface area (TPSA) is 102 Å². The molecule has 8 heteroatoms. The molecule has 0 aliphatic heterocycles. The average molecular weight is 583 g/mol. The normalized spacial score (nSPS) is 11.2. The maximum Gasteiger partial charge on any atom is 0.343 e. The zero-order valence-electron chi connectivity index (χ0n) is 24.8. The summed E-state index contributed by atoms with van der Waals surface area (Å²) in [5.41, 5.74) is 6.74. The van der Waals surface area contributed by atoms with E-state index in [1.807, 2.05) is 76.2 Å². The van der Waals surface area contributed by atoms with Gasteiger partial charge in [0.05, 0.1) is 33.9 Å². The largest absolute Gasteiger partial charge is 0.423 e. The lowest BCUT2D eigenvalue weighted by Gasteiger charge is -2.10. The Hall–Kier alpha value is -5.76. The standard InChI is InChI=1S/C36H30N4O4/c1-23-10-5-7-14-31(23)39-37-29-16-18-33(25(3)20-29)43-35(41)27-12-9-13-28(22-27)36(42)44-34-19-17-30(21-26(34)4)38-40-32-15-8-6-11-24(32)2/h5-22H,1-4H3/b39-37+,40-38+. The number of aryl methyl sites for hydroxylation is 4. The van der Waals surface area contributed by atoms with E-state index >= 15 is 0 Å². The predicted octanol–water partition coefficient (Wildman–Crippen LogP) is 10.2. The van der Waals surface area contributed by atoms with Gasteiger partial charge in [0.15, 0.2) is 0 Å². The molecule has 0 unspecified atom stereocenters. The molecule has 0 aliphatic carbocycles. The Kier molecular flexibility index (Phi) is 9.10. The van der Waals surface area contributed by atoms with Crippen LogP contribution in [-0.2, 0) is 0 Å². The van der Waals surface area contributed by atoms with Crippen molar-refractivity contribution in [2.45, 2.75) is 27.7 Å². The van der Waals surface area contributed by atoms with Crippen molar-refractivity contribution in [1.29, 1.82) is 0 Å². The quantitative estimate of drug-likeness (QED) is 0.103. The molecule has 5 rings (SSSR count). The van der Waals surface area contributed by atoms with Crippen LogP contribution in [-0.4, -0.2) is 11.9 Å². The van der Waals surface area contributed by atoms with Crippen molar-refractivity contribution in [2.75, 3.05) is 0 Å². The maximum absolute atomic E-state index is 13.0. The molecule has 0 aliphatic rings. The fourth-order valence-corrected chi connectivity index (χ4v) is 4.29. The average Bonchev–Trinajstić information content (AvgIpc) is 3.02. The van der Waals surface area contributed by atoms with E-state index in [2.05, 4.69) is 20.5 Å². The van der Waals surface area contributed by atoms with Gasteiger partial charge in [-0.05, 0) is 117 Å². The molecule has 0 N–H and O–H groups in total. The van der Waals surface area contributed by atoms with Crippen LogP contribution in [0.25, 0.3) is 0 Å². The molecule has 218 valence electrons. The molecule has 0 radical (unpaired) electrons. The summed E-state index contributed by atoms with van der Waals surface area (Å²) in [5, 5.41) is 17.2. The van der Waals surface area contributed by atoms with Gasteiger partial charge in [0.2, 0.25) is 0 Å². The third-order valence-corrected chi connectivity index (χ3v) is 6.83. The van der Waals surface area contributed by atoms with Gasteiger partial charge in [0.1, 0.15) is 11.5 Å². The fourth-order valence-electron chi connectivity index (χ4n) is 4.29. The molecule has 0 atom stereocenters. The Morgan fingerprint density at radius 2 is 0.886 bits per heavy atom. The Bertz CT molecular complexity index is 1780. The number of rotatable bonds is 8. The molecule has 0 bridgehead atoms. The highest BCUT2D eigenvalue weighted by molar-refractivity contribution is 5.97. The van der Waals surface area contributed by atoms with Crippen LogP contribution in [0.4, 0.5) is 22.7 Å². The van der Waals surface area contributed by atoms with E-state index in [9.17, 15) is 9.59 Å². The van der Waals surface area contributed by atoms with Crippen LogP contribution in [0.1, 0.15) is 43.0 Å². The van der Waals surface area contributed by atoms with Crippen molar-refractivity contribution < 1.29 is 19.1 Å². The SMILES string of the molecule is Cc1ccccc1/N=N/c1ccc(OC(=O)c2cccc(C(=O)Oc3ccc(/N=N/c4ccccc4C)cc3C)c2)c(C)c1. The van der Waals surface area contributed by atoms with E-state index in [1.165, 1.54) is 6.07 Å². The van der Waals surface area contributed by atoms with Gasteiger partial charge in [-0.15, -0.1) is 0 Å². The van der Waals surface area contributed by atoms with E-state index in [4.69, 9.17) is 9.47 Å². The fraction of sp³-hybridized carbons (Fsp3) is 0.111. The van der Waals surface area contributed by atoms with E-state index < -0.39 is 11.9 Å². The van der Waals surface area contributed by atoms with Gasteiger partial charge in [-0.1, -0.05) is 42.5 Å². The minimum Gasteiger partial charge on any atom is -0.423 e. The van der Waals surface area contributed by atoms with E-state index in [0.29, 0.717) is 34.0 Å². The summed E-state index contributed by atoms with van der Waals surface area (Å²) in [6, 6.07) is 32.0. The first kappa shape index (κ1) is 29.7. The highest BCUT2D eigenvalue weighted by Crippen LogP contribution is 2.29. The molecule has 0 heterocycles. The summed E-state index contributed by atoms with van der Waals surface area (Å²) in [7, 11) is 0. The van der Waals surface area contributed by atoms with Gasteiger partial charge in [0, 0.05) is 0 Å². The molecule has 0 saturated carbocycles. The Morgan fingerprint density at radius 3 is 1.30 bits per heavy atom. The van der Waals surface area contributed by atoms with Crippen molar-refractivity contribution in [1.82, 2.24) is 0 Å². The van der Waals surface area contributed by atoms with Crippen molar-refractivity contribution in [3.05, 3.63) is 143 Å². The van der Waals surface area contributed by atoms with Gasteiger partial charge in [-0.2, -0.15) is 20.5 Å². The summed E-state index contributed by atoms with van der Waals surface area (Å²) in [6.45, 7) is 7.58. The second-order valence-corrected chi connectivity index (χ2v) is 10.2. The van der Waals surface area contributed by atoms with Gasteiger partial charge < -0.3 is 9.47 Å². The first-order valence-corrected chi connectivity index (χ1v) is 14.0. The number of carbonyl (C=O) groups is 2. The minimum atomic E-state index is -0.600. The van der Waals surface area contributed by atoms with Gasteiger partial charge in [-0.3, -0.25) is 0 Å².